The summed E-state index contributed by atoms with van der Waals surface area (Å²) in [6, 6.07) is 3.79. The van der Waals surface area contributed by atoms with Gasteiger partial charge < -0.3 is 5.32 Å². The Kier molecular flexibility index (Phi) is 5.92. The number of aryl methyl sites for hydroxylation is 1. The van der Waals surface area contributed by atoms with Crippen molar-refractivity contribution in [3.8, 4) is 0 Å². The monoisotopic (exact) mass is 296 g/mol. The molecule has 20 heavy (non-hydrogen) atoms. The number of likely N-dealkylation sites (N-methyl/N-ethyl adjacent to an activating group) is 1. The first-order valence-corrected chi connectivity index (χ1v) is 8.18. The third kappa shape index (κ3) is 3.48. The van der Waals surface area contributed by atoms with E-state index in [1.807, 2.05) is 33.9 Å². The van der Waals surface area contributed by atoms with Crippen molar-refractivity contribution in [1.82, 2.24) is 9.62 Å². The van der Waals surface area contributed by atoms with Gasteiger partial charge in [-0.05, 0) is 43.7 Å². The molecule has 0 atom stereocenters. The predicted molar refractivity (Wildman–Crippen MR) is 83.3 cm³/mol. The molecule has 0 spiro atoms. The Labute approximate surface area is 122 Å². The highest BCUT2D eigenvalue weighted by atomic mass is 32.2. The summed E-state index contributed by atoms with van der Waals surface area (Å²) in [7, 11) is -1.63. The molecule has 0 unspecified atom stereocenters. The van der Waals surface area contributed by atoms with Gasteiger partial charge in [0.1, 0.15) is 0 Å². The summed E-state index contributed by atoms with van der Waals surface area (Å²) in [4.78, 5) is 0.395. The maximum atomic E-state index is 12.7. The number of hydrogen-bond donors (Lipinski definition) is 1. The SMILES string of the molecule is C=CCN(CC)S(=O)(=O)c1cc(CNC)cc(C)c1C. The Morgan fingerprint density at radius 2 is 2.00 bits per heavy atom. The van der Waals surface area contributed by atoms with Crippen molar-refractivity contribution in [2.45, 2.75) is 32.2 Å². The molecule has 4 nitrogen and oxygen atoms in total. The molecule has 0 aliphatic carbocycles. The number of sulfonamides is 1. The molecular weight excluding hydrogens is 272 g/mol. The van der Waals surface area contributed by atoms with Crippen molar-refractivity contribution in [3.05, 3.63) is 41.5 Å². The van der Waals surface area contributed by atoms with Gasteiger partial charge in [-0.2, -0.15) is 4.31 Å². The van der Waals surface area contributed by atoms with Crippen LogP contribution in [-0.2, 0) is 16.6 Å². The van der Waals surface area contributed by atoms with Gasteiger partial charge in [0.15, 0.2) is 0 Å². The number of hydrogen-bond acceptors (Lipinski definition) is 3. The zero-order valence-corrected chi connectivity index (χ0v) is 13.5. The van der Waals surface area contributed by atoms with E-state index < -0.39 is 10.0 Å². The van der Waals surface area contributed by atoms with E-state index in [2.05, 4.69) is 11.9 Å². The zero-order chi connectivity index (χ0) is 15.3. The largest absolute Gasteiger partial charge is 0.316 e. The molecule has 5 heteroatoms. The molecule has 1 N–H and O–H groups in total. The molecule has 0 radical (unpaired) electrons. The minimum atomic E-state index is -3.47. The van der Waals surface area contributed by atoms with Gasteiger partial charge in [0.2, 0.25) is 10.0 Å². The van der Waals surface area contributed by atoms with Crippen LogP contribution in [0.5, 0.6) is 0 Å². The maximum Gasteiger partial charge on any atom is 0.243 e. The van der Waals surface area contributed by atoms with Crippen molar-refractivity contribution in [2.75, 3.05) is 20.1 Å². The van der Waals surface area contributed by atoms with Crippen molar-refractivity contribution >= 4 is 10.0 Å². The second kappa shape index (κ2) is 7.02. The van der Waals surface area contributed by atoms with Crippen LogP contribution in [0.25, 0.3) is 0 Å². The molecule has 0 aliphatic heterocycles. The Balaban J connectivity index is 3.39. The van der Waals surface area contributed by atoms with Crippen LogP contribution in [0.1, 0.15) is 23.6 Å². The Bertz CT molecular complexity index is 580. The van der Waals surface area contributed by atoms with Gasteiger partial charge in [0, 0.05) is 19.6 Å². The highest BCUT2D eigenvalue weighted by Crippen LogP contribution is 2.24. The highest BCUT2D eigenvalue weighted by molar-refractivity contribution is 7.89. The van der Waals surface area contributed by atoms with Crippen LogP contribution >= 0.6 is 0 Å². The minimum Gasteiger partial charge on any atom is -0.316 e. The molecule has 1 aromatic carbocycles. The molecule has 112 valence electrons. The summed E-state index contributed by atoms with van der Waals surface area (Å²) in [5.41, 5.74) is 2.78. The molecule has 0 saturated heterocycles. The molecular formula is C15H24N2O2S. The lowest BCUT2D eigenvalue weighted by Crippen LogP contribution is -2.31. The van der Waals surface area contributed by atoms with Crippen LogP contribution in [0.15, 0.2) is 29.7 Å². The molecule has 0 amide bonds. The molecule has 0 heterocycles. The molecule has 0 saturated carbocycles. The van der Waals surface area contributed by atoms with E-state index in [0.717, 1.165) is 16.7 Å². The first-order valence-electron chi connectivity index (χ1n) is 6.74. The Hall–Kier alpha value is -1.17. The van der Waals surface area contributed by atoms with Gasteiger partial charge in [-0.15, -0.1) is 6.58 Å². The standard InChI is InChI=1S/C15H24N2O2S/c1-6-8-17(7-2)20(18,19)15-10-14(11-16-5)9-12(3)13(15)4/h6,9-10,16H,1,7-8,11H2,2-5H3. The summed E-state index contributed by atoms with van der Waals surface area (Å²) in [5, 5.41) is 3.05. The van der Waals surface area contributed by atoms with Crippen molar-refractivity contribution in [2.24, 2.45) is 0 Å². The molecule has 0 aliphatic rings. The van der Waals surface area contributed by atoms with E-state index in [9.17, 15) is 8.42 Å². The Morgan fingerprint density at radius 3 is 2.50 bits per heavy atom. The van der Waals surface area contributed by atoms with Crippen molar-refractivity contribution in [1.29, 1.82) is 0 Å². The summed E-state index contributed by atoms with van der Waals surface area (Å²) >= 11 is 0. The van der Waals surface area contributed by atoms with Crippen LogP contribution in [0.4, 0.5) is 0 Å². The van der Waals surface area contributed by atoms with Gasteiger partial charge in [-0.25, -0.2) is 8.42 Å². The van der Waals surface area contributed by atoms with Crippen molar-refractivity contribution in [3.63, 3.8) is 0 Å². The normalized spacial score (nSPS) is 11.8. The molecule has 0 fully saturated rings. The van der Waals surface area contributed by atoms with Crippen LogP contribution in [0.3, 0.4) is 0 Å². The summed E-state index contributed by atoms with van der Waals surface area (Å²) < 4.78 is 26.9. The van der Waals surface area contributed by atoms with Crippen LogP contribution < -0.4 is 5.32 Å². The second-order valence-corrected chi connectivity index (χ2v) is 6.72. The predicted octanol–water partition coefficient (Wildman–Crippen LogP) is 2.22. The van der Waals surface area contributed by atoms with Gasteiger partial charge in [0.25, 0.3) is 0 Å². The summed E-state index contributed by atoms with van der Waals surface area (Å²) in [5.74, 6) is 0. The molecule has 1 aromatic rings. The molecule has 0 bridgehead atoms. The van der Waals surface area contributed by atoms with E-state index in [1.54, 1.807) is 12.1 Å². The van der Waals surface area contributed by atoms with Gasteiger partial charge >= 0.3 is 0 Å². The van der Waals surface area contributed by atoms with E-state index in [1.165, 1.54) is 4.31 Å². The fourth-order valence-corrected chi connectivity index (χ4v) is 3.92. The summed E-state index contributed by atoms with van der Waals surface area (Å²) in [6.45, 7) is 10.7. The fourth-order valence-electron chi connectivity index (χ4n) is 2.15. The minimum absolute atomic E-state index is 0.327. The van der Waals surface area contributed by atoms with Gasteiger partial charge in [0.05, 0.1) is 4.90 Å². The lowest BCUT2D eigenvalue weighted by Gasteiger charge is -2.21. The zero-order valence-electron chi connectivity index (χ0n) is 12.7. The number of rotatable bonds is 7. The second-order valence-electron chi connectivity index (χ2n) is 4.81. The van der Waals surface area contributed by atoms with Crippen LogP contribution in [0.2, 0.25) is 0 Å². The van der Waals surface area contributed by atoms with Gasteiger partial charge in [-0.1, -0.05) is 19.1 Å². The number of nitrogens with zero attached hydrogens (tertiary/aromatic N) is 1. The first kappa shape index (κ1) is 16.9. The lowest BCUT2D eigenvalue weighted by molar-refractivity contribution is 0.459. The molecule has 0 aromatic heterocycles. The maximum absolute atomic E-state index is 12.7. The van der Waals surface area contributed by atoms with Crippen molar-refractivity contribution < 1.29 is 8.42 Å². The van der Waals surface area contributed by atoms with E-state index >= 15 is 0 Å². The number of nitrogens with one attached hydrogen (secondary N) is 1. The Morgan fingerprint density at radius 1 is 1.35 bits per heavy atom. The lowest BCUT2D eigenvalue weighted by atomic mass is 10.1. The first-order chi connectivity index (χ1) is 9.38. The average Bonchev–Trinajstić information content (AvgIpc) is 2.39. The van der Waals surface area contributed by atoms with Crippen LogP contribution in [0, 0.1) is 13.8 Å². The third-order valence-corrected chi connectivity index (χ3v) is 5.43. The fraction of sp³-hybridized carbons (Fsp3) is 0.467. The van der Waals surface area contributed by atoms with Crippen LogP contribution in [-0.4, -0.2) is 32.9 Å². The third-order valence-electron chi connectivity index (χ3n) is 3.36. The van der Waals surface area contributed by atoms with Gasteiger partial charge in [-0.3, -0.25) is 0 Å². The smallest absolute Gasteiger partial charge is 0.243 e. The summed E-state index contributed by atoms with van der Waals surface area (Å²) in [6.07, 6.45) is 1.61. The quantitative estimate of drug-likeness (QED) is 0.785. The average molecular weight is 296 g/mol. The van der Waals surface area contributed by atoms with E-state index in [4.69, 9.17) is 0 Å². The molecule has 1 rings (SSSR count). The topological polar surface area (TPSA) is 49.4 Å². The highest BCUT2D eigenvalue weighted by Gasteiger charge is 2.25. The van der Waals surface area contributed by atoms with E-state index in [0.29, 0.717) is 24.5 Å². The van der Waals surface area contributed by atoms with E-state index in [-0.39, 0.29) is 0 Å². The number of benzene rings is 1.